The second-order valence-corrected chi connectivity index (χ2v) is 5.74. The Labute approximate surface area is 101 Å². The maximum atomic E-state index is 11.6. The average molecular weight is 243 g/mol. The Morgan fingerprint density at radius 1 is 1.47 bits per heavy atom. The first-order valence-electron chi connectivity index (χ1n) is 6.01. The number of hydrogen-bond acceptors (Lipinski definition) is 4. The normalized spacial score (nSPS) is 38.1. The van der Waals surface area contributed by atoms with Gasteiger partial charge in [0.1, 0.15) is 5.78 Å². The van der Waals surface area contributed by atoms with Gasteiger partial charge in [0, 0.05) is 23.7 Å². The first-order chi connectivity index (χ1) is 7.63. The molecule has 1 aliphatic rings. The second kappa shape index (κ2) is 4.37. The van der Waals surface area contributed by atoms with Crippen LogP contribution in [0.4, 0.5) is 0 Å². The number of carbonyl (C=O) groups is 1. The molecule has 0 bridgehead atoms. The summed E-state index contributed by atoms with van der Waals surface area (Å²) in [5.41, 5.74) is -2.18. The molecule has 0 unspecified atom stereocenters. The molecule has 1 aliphatic carbocycles. The minimum Gasteiger partial charge on any atom is -0.389 e. The van der Waals surface area contributed by atoms with E-state index in [0.717, 1.165) is 0 Å². The number of nitrogens with zero attached hydrogens (tertiary/aromatic N) is 1. The minimum atomic E-state index is -1.11. The first-order valence-corrected chi connectivity index (χ1v) is 6.01. The van der Waals surface area contributed by atoms with Gasteiger partial charge < -0.3 is 5.11 Å². The maximum Gasteiger partial charge on any atom is 0.225 e. The van der Waals surface area contributed by atoms with Crippen LogP contribution in [-0.2, 0) is 4.79 Å². The highest BCUT2D eigenvalue weighted by atomic mass is 16.6. The van der Waals surface area contributed by atoms with E-state index >= 15 is 0 Å². The van der Waals surface area contributed by atoms with E-state index in [1.807, 2.05) is 0 Å². The average Bonchev–Trinajstić information content (AvgIpc) is 2.15. The van der Waals surface area contributed by atoms with Gasteiger partial charge in [-0.3, -0.25) is 14.9 Å². The summed E-state index contributed by atoms with van der Waals surface area (Å²) in [6.45, 7) is 6.61. The summed E-state index contributed by atoms with van der Waals surface area (Å²) < 4.78 is 0. The standard InChI is InChI=1S/C12H21NO4/c1-8(2)12(13(16)17)6-5-11(4,15)10(7-12)9(3)14/h8,10,15H,5-7H2,1-4H3/t10-,11-,12+/m1/s1. The van der Waals surface area contributed by atoms with Crippen molar-refractivity contribution in [1.29, 1.82) is 0 Å². The van der Waals surface area contributed by atoms with Gasteiger partial charge in [0.2, 0.25) is 5.54 Å². The molecule has 0 heterocycles. The number of Topliss-reactive ketones (excluding diaryl/α,β-unsaturated/α-hetero) is 1. The Bertz CT molecular complexity index is 337. The van der Waals surface area contributed by atoms with Crippen LogP contribution in [0.1, 0.15) is 47.0 Å². The number of carbonyl (C=O) groups excluding carboxylic acids is 1. The summed E-state index contributed by atoms with van der Waals surface area (Å²) in [6.07, 6.45) is 0.769. The van der Waals surface area contributed by atoms with Crippen LogP contribution in [-0.4, -0.2) is 27.0 Å². The van der Waals surface area contributed by atoms with Crippen LogP contribution in [0.25, 0.3) is 0 Å². The van der Waals surface area contributed by atoms with E-state index in [4.69, 9.17) is 0 Å². The van der Waals surface area contributed by atoms with Gasteiger partial charge in [-0.25, -0.2) is 0 Å². The van der Waals surface area contributed by atoms with Crippen molar-refractivity contribution in [2.45, 2.75) is 58.1 Å². The highest BCUT2D eigenvalue weighted by molar-refractivity contribution is 5.79. The van der Waals surface area contributed by atoms with Gasteiger partial charge in [-0.15, -0.1) is 0 Å². The number of aliphatic hydroxyl groups is 1. The Hall–Kier alpha value is -0.970. The molecule has 0 aliphatic heterocycles. The topological polar surface area (TPSA) is 80.4 Å². The molecule has 3 atom stereocenters. The molecule has 0 amide bonds. The Morgan fingerprint density at radius 3 is 2.35 bits per heavy atom. The summed E-state index contributed by atoms with van der Waals surface area (Å²) in [4.78, 5) is 22.6. The summed E-state index contributed by atoms with van der Waals surface area (Å²) in [5, 5.41) is 21.5. The van der Waals surface area contributed by atoms with Crippen molar-refractivity contribution in [3.63, 3.8) is 0 Å². The predicted octanol–water partition coefficient (Wildman–Crippen LogP) is 1.80. The van der Waals surface area contributed by atoms with Crippen LogP contribution in [0, 0.1) is 22.0 Å². The summed E-state index contributed by atoms with van der Waals surface area (Å²) >= 11 is 0. The van der Waals surface area contributed by atoms with E-state index in [1.165, 1.54) is 6.92 Å². The quantitative estimate of drug-likeness (QED) is 0.605. The van der Waals surface area contributed by atoms with Gasteiger partial charge in [0.05, 0.1) is 11.5 Å². The maximum absolute atomic E-state index is 11.6. The van der Waals surface area contributed by atoms with E-state index in [2.05, 4.69) is 0 Å². The lowest BCUT2D eigenvalue weighted by atomic mass is 9.63. The van der Waals surface area contributed by atoms with Gasteiger partial charge >= 0.3 is 0 Å². The molecular formula is C12H21NO4. The fraction of sp³-hybridized carbons (Fsp3) is 0.917. The molecular weight excluding hydrogens is 222 g/mol. The minimum absolute atomic E-state index is 0.139. The van der Waals surface area contributed by atoms with Crippen LogP contribution in [0.15, 0.2) is 0 Å². The fourth-order valence-corrected chi connectivity index (χ4v) is 2.80. The zero-order valence-corrected chi connectivity index (χ0v) is 10.9. The fourth-order valence-electron chi connectivity index (χ4n) is 2.80. The molecule has 17 heavy (non-hydrogen) atoms. The largest absolute Gasteiger partial charge is 0.389 e. The van der Waals surface area contributed by atoms with Crippen molar-refractivity contribution in [1.82, 2.24) is 0 Å². The van der Waals surface area contributed by atoms with E-state index in [0.29, 0.717) is 12.8 Å². The predicted molar refractivity (Wildman–Crippen MR) is 63.2 cm³/mol. The van der Waals surface area contributed by atoms with E-state index in [1.54, 1.807) is 20.8 Å². The molecule has 98 valence electrons. The summed E-state index contributed by atoms with van der Waals surface area (Å²) in [6, 6.07) is 0. The van der Waals surface area contributed by atoms with Crippen LogP contribution < -0.4 is 0 Å². The SMILES string of the molecule is CC(=O)[C@H]1C[C@@](C(C)C)([N+](=O)[O-])CC[C@@]1(C)O. The van der Waals surface area contributed by atoms with Crippen molar-refractivity contribution < 1.29 is 14.8 Å². The number of ketones is 1. The Morgan fingerprint density at radius 2 is 2.00 bits per heavy atom. The molecule has 0 aromatic carbocycles. The molecule has 0 spiro atoms. The third-order valence-electron chi connectivity index (χ3n) is 4.30. The summed E-state index contributed by atoms with van der Waals surface area (Å²) in [5.74, 6) is -0.943. The molecule has 0 saturated heterocycles. The molecule has 5 heteroatoms. The molecule has 1 rings (SSSR count). The van der Waals surface area contributed by atoms with Gasteiger partial charge in [0.25, 0.3) is 0 Å². The van der Waals surface area contributed by atoms with Crippen molar-refractivity contribution in [3.8, 4) is 0 Å². The molecule has 0 aromatic heterocycles. The first kappa shape index (κ1) is 14.1. The van der Waals surface area contributed by atoms with Gasteiger partial charge in [-0.1, -0.05) is 13.8 Å². The number of rotatable bonds is 3. The molecule has 0 aromatic rings. The monoisotopic (exact) mass is 243 g/mol. The van der Waals surface area contributed by atoms with Crippen LogP contribution in [0.2, 0.25) is 0 Å². The van der Waals surface area contributed by atoms with Gasteiger partial charge in [0.15, 0.2) is 0 Å². The zero-order chi connectivity index (χ0) is 13.4. The molecule has 1 fully saturated rings. The smallest absolute Gasteiger partial charge is 0.225 e. The Balaban J connectivity index is 3.09. The van der Waals surface area contributed by atoms with Crippen molar-refractivity contribution in [2.24, 2.45) is 11.8 Å². The van der Waals surface area contributed by atoms with E-state index in [-0.39, 0.29) is 23.0 Å². The Kier molecular flexibility index (Phi) is 3.62. The van der Waals surface area contributed by atoms with Crippen molar-refractivity contribution in [3.05, 3.63) is 10.1 Å². The molecule has 1 N–H and O–H groups in total. The highest BCUT2D eigenvalue weighted by Crippen LogP contribution is 2.44. The highest BCUT2D eigenvalue weighted by Gasteiger charge is 2.56. The number of hydrogen-bond donors (Lipinski definition) is 1. The lowest BCUT2D eigenvalue weighted by molar-refractivity contribution is -0.587. The van der Waals surface area contributed by atoms with Crippen LogP contribution in [0.5, 0.6) is 0 Å². The lowest BCUT2D eigenvalue weighted by Gasteiger charge is -2.43. The van der Waals surface area contributed by atoms with E-state index < -0.39 is 17.1 Å². The third kappa shape index (κ3) is 2.34. The zero-order valence-electron chi connectivity index (χ0n) is 10.9. The van der Waals surface area contributed by atoms with Gasteiger partial charge in [-0.2, -0.15) is 0 Å². The van der Waals surface area contributed by atoms with Gasteiger partial charge in [-0.05, 0) is 20.3 Å². The van der Waals surface area contributed by atoms with Crippen LogP contribution >= 0.6 is 0 Å². The molecule has 1 saturated carbocycles. The van der Waals surface area contributed by atoms with Crippen molar-refractivity contribution >= 4 is 5.78 Å². The molecule has 0 radical (unpaired) electrons. The molecule has 5 nitrogen and oxygen atoms in total. The number of nitro groups is 1. The van der Waals surface area contributed by atoms with E-state index in [9.17, 15) is 20.0 Å². The summed E-state index contributed by atoms with van der Waals surface area (Å²) in [7, 11) is 0. The lowest BCUT2D eigenvalue weighted by Crippen LogP contribution is -2.56. The van der Waals surface area contributed by atoms with Crippen LogP contribution in [0.3, 0.4) is 0 Å². The second-order valence-electron chi connectivity index (χ2n) is 5.74. The third-order valence-corrected chi connectivity index (χ3v) is 4.30. The van der Waals surface area contributed by atoms with Crippen molar-refractivity contribution in [2.75, 3.05) is 0 Å².